The van der Waals surface area contributed by atoms with Crippen LogP contribution in [0, 0.1) is 0 Å². The van der Waals surface area contributed by atoms with Crippen LogP contribution in [0.4, 0.5) is 0 Å². The molecule has 0 heterocycles. The Kier molecular flexibility index (Phi) is 4.57. The van der Waals surface area contributed by atoms with Gasteiger partial charge in [-0.05, 0) is 62.9 Å². The molecule has 0 radical (unpaired) electrons. The van der Waals surface area contributed by atoms with Crippen LogP contribution in [0.2, 0.25) is 0 Å². The van der Waals surface area contributed by atoms with E-state index >= 15 is 0 Å². The lowest BCUT2D eigenvalue weighted by Crippen LogP contribution is -2.28. The molecule has 0 saturated carbocycles. The predicted octanol–water partition coefficient (Wildman–Crippen LogP) is 2.39. The quantitative estimate of drug-likeness (QED) is 0.844. The van der Waals surface area contributed by atoms with Crippen LogP contribution in [0.3, 0.4) is 0 Å². The van der Waals surface area contributed by atoms with E-state index in [4.69, 9.17) is 5.73 Å². The molecule has 94 valence electrons. The lowest BCUT2D eigenvalue weighted by atomic mass is 9.82. The number of fused-ring (bicyclic) bond motifs is 1. The Morgan fingerprint density at radius 3 is 3.00 bits per heavy atom. The van der Waals surface area contributed by atoms with Gasteiger partial charge in [0.25, 0.3) is 0 Å². The van der Waals surface area contributed by atoms with E-state index in [1.54, 1.807) is 11.1 Å². The molecule has 2 nitrogen and oxygen atoms in total. The number of hydrogen-bond donors (Lipinski definition) is 1. The molecule has 0 spiro atoms. The van der Waals surface area contributed by atoms with Crippen LogP contribution in [0.25, 0.3) is 0 Å². The summed E-state index contributed by atoms with van der Waals surface area (Å²) in [5.74, 6) is 0.725. The van der Waals surface area contributed by atoms with E-state index < -0.39 is 0 Å². The molecule has 0 saturated heterocycles. The van der Waals surface area contributed by atoms with Crippen LogP contribution in [0.15, 0.2) is 24.3 Å². The summed E-state index contributed by atoms with van der Waals surface area (Å²) in [6.07, 6.45) is 5.04. The highest BCUT2D eigenvalue weighted by molar-refractivity contribution is 5.32. The number of nitrogens with zero attached hydrogens (tertiary/aromatic N) is 1. The highest BCUT2D eigenvalue weighted by Gasteiger charge is 2.20. The molecular formula is C15H24N2. The van der Waals surface area contributed by atoms with Crippen molar-refractivity contribution in [3.63, 3.8) is 0 Å². The Morgan fingerprint density at radius 1 is 1.35 bits per heavy atom. The monoisotopic (exact) mass is 232 g/mol. The molecule has 2 heteroatoms. The maximum atomic E-state index is 5.56. The molecule has 0 amide bonds. The maximum absolute atomic E-state index is 5.56. The minimum Gasteiger partial charge on any atom is -0.330 e. The first-order valence-corrected chi connectivity index (χ1v) is 6.77. The molecule has 1 aromatic carbocycles. The Balaban J connectivity index is 1.98. The molecule has 0 fully saturated rings. The van der Waals surface area contributed by atoms with E-state index in [-0.39, 0.29) is 0 Å². The van der Waals surface area contributed by atoms with Gasteiger partial charge in [-0.2, -0.15) is 0 Å². The highest BCUT2D eigenvalue weighted by atomic mass is 15.1. The summed E-state index contributed by atoms with van der Waals surface area (Å²) in [6.45, 7) is 3.10. The SMILES string of the molecule is CN(CCCN)CC1CCCc2ccccc21. The van der Waals surface area contributed by atoms with E-state index in [0.29, 0.717) is 0 Å². The molecule has 0 aliphatic heterocycles. The number of hydrogen-bond acceptors (Lipinski definition) is 2. The van der Waals surface area contributed by atoms with E-state index in [9.17, 15) is 0 Å². The molecule has 1 aromatic rings. The second-order valence-corrected chi connectivity index (χ2v) is 5.19. The molecule has 2 N–H and O–H groups in total. The molecule has 17 heavy (non-hydrogen) atoms. The molecule has 2 rings (SSSR count). The summed E-state index contributed by atoms with van der Waals surface area (Å²) in [7, 11) is 2.22. The minimum absolute atomic E-state index is 0.725. The highest BCUT2D eigenvalue weighted by Crippen LogP contribution is 2.31. The van der Waals surface area contributed by atoms with Gasteiger partial charge in [0.05, 0.1) is 0 Å². The van der Waals surface area contributed by atoms with Crippen molar-refractivity contribution in [2.75, 3.05) is 26.7 Å². The second-order valence-electron chi connectivity index (χ2n) is 5.19. The van der Waals surface area contributed by atoms with Crippen molar-refractivity contribution in [3.05, 3.63) is 35.4 Å². The first kappa shape index (κ1) is 12.6. The van der Waals surface area contributed by atoms with Gasteiger partial charge in [0.2, 0.25) is 0 Å². The summed E-state index contributed by atoms with van der Waals surface area (Å²) < 4.78 is 0. The largest absolute Gasteiger partial charge is 0.330 e. The lowest BCUT2D eigenvalue weighted by molar-refractivity contribution is 0.296. The molecule has 1 aliphatic rings. The van der Waals surface area contributed by atoms with E-state index in [1.165, 1.54) is 25.8 Å². The van der Waals surface area contributed by atoms with E-state index in [1.807, 2.05) is 0 Å². The van der Waals surface area contributed by atoms with E-state index in [2.05, 4.69) is 36.2 Å². The summed E-state index contributed by atoms with van der Waals surface area (Å²) in [5, 5.41) is 0. The molecule has 0 aromatic heterocycles. The molecule has 1 unspecified atom stereocenters. The second kappa shape index (κ2) is 6.18. The van der Waals surface area contributed by atoms with Crippen LogP contribution in [0.5, 0.6) is 0 Å². The van der Waals surface area contributed by atoms with Crippen molar-refractivity contribution < 1.29 is 0 Å². The third kappa shape index (κ3) is 3.30. The van der Waals surface area contributed by atoms with Gasteiger partial charge in [0.15, 0.2) is 0 Å². The zero-order valence-electron chi connectivity index (χ0n) is 10.9. The lowest BCUT2D eigenvalue weighted by Gasteiger charge is -2.29. The Morgan fingerprint density at radius 2 is 2.18 bits per heavy atom. The van der Waals surface area contributed by atoms with Crippen LogP contribution < -0.4 is 5.73 Å². The van der Waals surface area contributed by atoms with Gasteiger partial charge in [-0.3, -0.25) is 0 Å². The van der Waals surface area contributed by atoms with Gasteiger partial charge in [0.1, 0.15) is 0 Å². The zero-order valence-corrected chi connectivity index (χ0v) is 10.9. The smallest absolute Gasteiger partial charge is 0.00473 e. The molecule has 1 atom stereocenters. The van der Waals surface area contributed by atoms with Gasteiger partial charge >= 0.3 is 0 Å². The topological polar surface area (TPSA) is 29.3 Å². The van der Waals surface area contributed by atoms with Gasteiger partial charge < -0.3 is 10.6 Å². The van der Waals surface area contributed by atoms with Crippen molar-refractivity contribution in [1.82, 2.24) is 4.90 Å². The van der Waals surface area contributed by atoms with Crippen LogP contribution in [0.1, 0.15) is 36.3 Å². The molecular weight excluding hydrogens is 208 g/mol. The fraction of sp³-hybridized carbons (Fsp3) is 0.600. The fourth-order valence-corrected chi connectivity index (χ4v) is 2.87. The van der Waals surface area contributed by atoms with Crippen molar-refractivity contribution in [2.45, 2.75) is 31.6 Å². The first-order chi connectivity index (χ1) is 8.31. The van der Waals surface area contributed by atoms with Crippen molar-refractivity contribution >= 4 is 0 Å². The van der Waals surface area contributed by atoms with Crippen LogP contribution in [-0.4, -0.2) is 31.6 Å². The minimum atomic E-state index is 0.725. The van der Waals surface area contributed by atoms with Gasteiger partial charge in [-0.15, -0.1) is 0 Å². The third-order valence-electron chi connectivity index (χ3n) is 3.77. The van der Waals surface area contributed by atoms with Crippen molar-refractivity contribution in [1.29, 1.82) is 0 Å². The number of rotatable bonds is 5. The summed E-state index contributed by atoms with van der Waals surface area (Å²) in [4.78, 5) is 2.43. The van der Waals surface area contributed by atoms with Crippen LogP contribution >= 0.6 is 0 Å². The van der Waals surface area contributed by atoms with Crippen molar-refractivity contribution in [3.8, 4) is 0 Å². The summed E-state index contributed by atoms with van der Waals surface area (Å²) in [6, 6.07) is 8.95. The third-order valence-corrected chi connectivity index (χ3v) is 3.77. The average Bonchev–Trinajstić information content (AvgIpc) is 2.37. The number of nitrogens with two attached hydrogens (primary N) is 1. The van der Waals surface area contributed by atoms with Gasteiger partial charge in [-0.25, -0.2) is 0 Å². The number of likely N-dealkylation sites (N-methyl/N-ethyl adjacent to an activating group) is 1. The number of aryl methyl sites for hydroxylation is 1. The average molecular weight is 232 g/mol. The van der Waals surface area contributed by atoms with E-state index in [0.717, 1.165) is 25.4 Å². The normalized spacial score (nSPS) is 19.4. The Hall–Kier alpha value is -0.860. The van der Waals surface area contributed by atoms with Crippen LogP contribution in [-0.2, 0) is 6.42 Å². The predicted molar refractivity (Wildman–Crippen MR) is 73.3 cm³/mol. The Labute approximate surface area is 105 Å². The number of benzene rings is 1. The summed E-state index contributed by atoms with van der Waals surface area (Å²) in [5.41, 5.74) is 8.71. The fourth-order valence-electron chi connectivity index (χ4n) is 2.87. The standard InChI is InChI=1S/C15H24N2/c1-17(11-5-10-16)12-14-8-4-7-13-6-2-3-9-15(13)14/h2-3,6,9,14H,4-5,7-8,10-12,16H2,1H3. The van der Waals surface area contributed by atoms with Gasteiger partial charge in [-0.1, -0.05) is 24.3 Å². The Bertz CT molecular complexity index is 349. The van der Waals surface area contributed by atoms with Crippen molar-refractivity contribution in [2.24, 2.45) is 5.73 Å². The summed E-state index contributed by atoms with van der Waals surface area (Å²) >= 11 is 0. The maximum Gasteiger partial charge on any atom is 0.00473 e. The zero-order chi connectivity index (χ0) is 12.1. The first-order valence-electron chi connectivity index (χ1n) is 6.77. The molecule has 0 bridgehead atoms. The molecule has 1 aliphatic carbocycles. The van der Waals surface area contributed by atoms with Gasteiger partial charge in [0, 0.05) is 6.54 Å².